The first-order chi connectivity index (χ1) is 14.0. The maximum atomic E-state index is 13.3. The smallest absolute Gasteiger partial charge is 0.232 e. The quantitative estimate of drug-likeness (QED) is 0.459. The highest BCUT2D eigenvalue weighted by Crippen LogP contribution is 2.45. The van der Waals surface area contributed by atoms with E-state index in [9.17, 15) is 4.55 Å². The lowest BCUT2D eigenvalue weighted by atomic mass is 10.1. The fraction of sp³-hybridized carbons (Fsp3) is 0.350. The van der Waals surface area contributed by atoms with Crippen molar-refractivity contribution in [3.8, 4) is 22.0 Å². The highest BCUT2D eigenvalue weighted by Gasteiger charge is 2.33. The normalized spacial score (nSPS) is 16.1. The van der Waals surface area contributed by atoms with Crippen molar-refractivity contribution in [2.24, 2.45) is 7.05 Å². The lowest BCUT2D eigenvalue weighted by Gasteiger charge is -2.15. The number of hydrogen-bond acceptors (Lipinski definition) is 7. The van der Waals surface area contributed by atoms with Crippen LogP contribution in [0.1, 0.15) is 31.5 Å². The Kier molecular flexibility index (Phi) is 4.85. The molecule has 1 aliphatic rings. The van der Waals surface area contributed by atoms with Gasteiger partial charge in [0.2, 0.25) is 4.21 Å². The molecule has 1 aliphatic carbocycles. The Balaban J connectivity index is 1.75. The molecule has 4 aromatic rings. The second-order valence-corrected chi connectivity index (χ2v) is 11.2. The summed E-state index contributed by atoms with van der Waals surface area (Å²) in [6, 6.07) is 2.03. The first-order valence-electron chi connectivity index (χ1n) is 9.56. The van der Waals surface area contributed by atoms with Gasteiger partial charge >= 0.3 is 0 Å². The molecule has 0 saturated heterocycles. The number of hydrogen-bond donors (Lipinski definition) is 1. The van der Waals surface area contributed by atoms with Crippen LogP contribution in [0.15, 0.2) is 28.0 Å². The van der Waals surface area contributed by atoms with E-state index in [1.807, 2.05) is 36.2 Å². The van der Waals surface area contributed by atoms with Crippen LogP contribution in [0.25, 0.3) is 32.2 Å². The summed E-state index contributed by atoms with van der Waals surface area (Å²) in [4.78, 5) is 14.6. The van der Waals surface area contributed by atoms with Crippen molar-refractivity contribution in [2.75, 3.05) is 5.73 Å². The third-order valence-corrected chi connectivity index (χ3v) is 9.70. The van der Waals surface area contributed by atoms with Crippen molar-refractivity contribution >= 4 is 49.8 Å². The zero-order valence-corrected chi connectivity index (χ0v) is 18.7. The van der Waals surface area contributed by atoms with Gasteiger partial charge in [-0.3, -0.25) is 0 Å². The molecule has 29 heavy (non-hydrogen) atoms. The van der Waals surface area contributed by atoms with Crippen molar-refractivity contribution in [3.63, 3.8) is 0 Å². The van der Waals surface area contributed by atoms with E-state index in [0.717, 1.165) is 67.9 Å². The molecule has 0 spiro atoms. The van der Waals surface area contributed by atoms with Gasteiger partial charge in [0.1, 0.15) is 32.3 Å². The second kappa shape index (κ2) is 7.39. The zero-order chi connectivity index (χ0) is 20.1. The predicted molar refractivity (Wildman–Crippen MR) is 121 cm³/mol. The fourth-order valence-electron chi connectivity index (χ4n) is 3.92. The van der Waals surface area contributed by atoms with E-state index in [4.69, 9.17) is 10.7 Å². The monoisotopic (exact) mass is 443 g/mol. The molecular weight excluding hydrogens is 422 g/mol. The summed E-state index contributed by atoms with van der Waals surface area (Å²) >= 11 is 1.92. The summed E-state index contributed by atoms with van der Waals surface area (Å²) in [6.07, 6.45) is 7.95. The summed E-state index contributed by atoms with van der Waals surface area (Å²) < 4.78 is 16.1. The molecule has 0 bridgehead atoms. The van der Waals surface area contributed by atoms with Gasteiger partial charge in [0, 0.05) is 40.8 Å². The highest BCUT2D eigenvalue weighted by atomic mass is 32.2. The lowest BCUT2D eigenvalue weighted by molar-refractivity contribution is 0.581. The molecule has 0 aliphatic heterocycles. The molecule has 2 N–H and O–H groups in total. The minimum Gasteiger partial charge on any atom is -0.611 e. The molecule has 0 aromatic carbocycles. The Hall–Kier alpha value is -1.94. The van der Waals surface area contributed by atoms with Gasteiger partial charge in [-0.15, -0.1) is 11.3 Å². The standard InChI is InChI=1S/C20H21N5OS3/c1-11-23-10-15(25(11)2)13-9-14(18-22-7-8-27-18)24-19-16(13)17(21)20(28-19)29(26)12-5-3-4-6-12/h7-10,12H,3-6,21H2,1-2H3. The Morgan fingerprint density at radius 2 is 2.07 bits per heavy atom. The van der Waals surface area contributed by atoms with E-state index in [1.54, 1.807) is 17.5 Å². The molecule has 1 fully saturated rings. The Bertz CT molecular complexity index is 1170. The van der Waals surface area contributed by atoms with Gasteiger partial charge in [0.15, 0.2) is 0 Å². The molecule has 150 valence electrons. The predicted octanol–water partition coefficient (Wildman–Crippen LogP) is 4.76. The lowest BCUT2D eigenvalue weighted by Crippen LogP contribution is -2.17. The number of nitrogens with two attached hydrogens (primary N) is 1. The molecule has 4 aromatic heterocycles. The summed E-state index contributed by atoms with van der Waals surface area (Å²) in [6.45, 7) is 1.97. The van der Waals surface area contributed by atoms with Crippen molar-refractivity contribution in [1.82, 2.24) is 19.5 Å². The van der Waals surface area contributed by atoms with E-state index in [0.29, 0.717) is 5.69 Å². The van der Waals surface area contributed by atoms with Gasteiger partial charge in [-0.1, -0.05) is 11.3 Å². The number of aromatic nitrogens is 4. The topological polar surface area (TPSA) is 92.7 Å². The van der Waals surface area contributed by atoms with Gasteiger partial charge in [-0.2, -0.15) is 0 Å². The number of rotatable bonds is 4. The molecule has 0 amide bonds. The average molecular weight is 444 g/mol. The van der Waals surface area contributed by atoms with Crippen molar-refractivity contribution in [2.45, 2.75) is 42.1 Å². The molecule has 4 heterocycles. The number of thiophene rings is 1. The van der Waals surface area contributed by atoms with Crippen molar-refractivity contribution in [3.05, 3.63) is 29.7 Å². The van der Waals surface area contributed by atoms with Crippen LogP contribution < -0.4 is 5.73 Å². The Morgan fingerprint density at radius 3 is 2.72 bits per heavy atom. The van der Waals surface area contributed by atoms with Crippen LogP contribution in [-0.2, 0) is 18.2 Å². The average Bonchev–Trinajstić information content (AvgIpc) is 3.50. The van der Waals surface area contributed by atoms with Crippen LogP contribution in [0.5, 0.6) is 0 Å². The molecule has 0 radical (unpaired) electrons. The first-order valence-corrected chi connectivity index (χ1v) is 12.5. The van der Waals surface area contributed by atoms with Crippen LogP contribution in [0, 0.1) is 6.92 Å². The van der Waals surface area contributed by atoms with E-state index in [-0.39, 0.29) is 5.25 Å². The number of anilines is 1. The third-order valence-electron chi connectivity index (χ3n) is 5.60. The molecule has 1 atom stereocenters. The molecule has 6 nitrogen and oxygen atoms in total. The Labute approximate surface area is 180 Å². The first kappa shape index (κ1) is 19.0. The van der Waals surface area contributed by atoms with Gasteiger partial charge in [-0.25, -0.2) is 15.0 Å². The number of aryl methyl sites for hydroxylation is 1. The zero-order valence-electron chi connectivity index (χ0n) is 16.2. The van der Waals surface area contributed by atoms with Crippen molar-refractivity contribution in [1.29, 1.82) is 0 Å². The van der Waals surface area contributed by atoms with Crippen LogP contribution in [-0.4, -0.2) is 29.3 Å². The maximum Gasteiger partial charge on any atom is 0.232 e. The van der Waals surface area contributed by atoms with E-state index in [1.165, 1.54) is 11.3 Å². The van der Waals surface area contributed by atoms with E-state index < -0.39 is 11.2 Å². The summed E-state index contributed by atoms with van der Waals surface area (Å²) in [5.74, 6) is 0.921. The Morgan fingerprint density at radius 1 is 1.28 bits per heavy atom. The number of fused-ring (bicyclic) bond motifs is 1. The number of nitrogen functional groups attached to an aromatic ring is 1. The highest BCUT2D eigenvalue weighted by molar-refractivity contribution is 7.94. The van der Waals surface area contributed by atoms with Gasteiger partial charge < -0.3 is 14.9 Å². The van der Waals surface area contributed by atoms with Crippen LogP contribution in [0.4, 0.5) is 5.69 Å². The SMILES string of the molecule is Cc1ncc(-c2cc(-c3nccs3)nc3sc([S+]([O-])C4CCCC4)c(N)c23)n1C. The van der Waals surface area contributed by atoms with Gasteiger partial charge in [-0.05, 0) is 38.7 Å². The van der Waals surface area contributed by atoms with Crippen LogP contribution in [0.3, 0.4) is 0 Å². The molecular formula is C20H21N5OS3. The molecule has 5 rings (SSSR count). The number of pyridine rings is 1. The second-order valence-electron chi connectivity index (χ2n) is 7.33. The van der Waals surface area contributed by atoms with Crippen LogP contribution >= 0.6 is 22.7 Å². The van der Waals surface area contributed by atoms with Crippen LogP contribution in [0.2, 0.25) is 0 Å². The van der Waals surface area contributed by atoms with E-state index >= 15 is 0 Å². The minimum atomic E-state index is -1.09. The molecule has 1 unspecified atom stereocenters. The van der Waals surface area contributed by atoms with Gasteiger partial charge in [0.25, 0.3) is 0 Å². The van der Waals surface area contributed by atoms with Gasteiger partial charge in [0.05, 0.1) is 11.9 Å². The fourth-order valence-corrected chi connectivity index (χ4v) is 7.73. The number of thiazole rings is 1. The minimum absolute atomic E-state index is 0.200. The molecule has 9 heteroatoms. The maximum absolute atomic E-state index is 13.3. The van der Waals surface area contributed by atoms with E-state index in [2.05, 4.69) is 9.97 Å². The summed E-state index contributed by atoms with van der Waals surface area (Å²) in [5, 5.41) is 3.88. The number of nitrogens with zero attached hydrogens (tertiary/aromatic N) is 4. The summed E-state index contributed by atoms with van der Waals surface area (Å²) in [7, 11) is 1.99. The number of imidazole rings is 1. The third kappa shape index (κ3) is 3.16. The largest absolute Gasteiger partial charge is 0.611 e. The summed E-state index contributed by atoms with van der Waals surface area (Å²) in [5.41, 5.74) is 9.94. The van der Waals surface area contributed by atoms with Crippen molar-refractivity contribution < 1.29 is 4.55 Å². The molecule has 1 saturated carbocycles.